The van der Waals surface area contributed by atoms with Gasteiger partial charge in [-0.1, -0.05) is 39.8 Å². The van der Waals surface area contributed by atoms with Crippen LogP contribution in [0.2, 0.25) is 0 Å². The lowest BCUT2D eigenvalue weighted by Gasteiger charge is -2.12. The van der Waals surface area contributed by atoms with Crippen LogP contribution in [0.15, 0.2) is 54.7 Å². The van der Waals surface area contributed by atoms with Gasteiger partial charge >= 0.3 is 6.61 Å². The standard InChI is InChI=1S/C15H15F2N5O.C11H13NO2.C2H6/c1-8(2)12-18-7-11(23-15(16)17)14(19-12)20-13-9-5-3-4-6-10(9)21-22-13;1-14-10-6-4-9(5-7-10)12-11(13)8-2-3-8;1-2/h3-8,15H,1-2H3,(H2,18,19,20,21,22);4-8H,2-3H2,1H3,(H,12,13);1-2H3. The number of carbonyl (C=O) groups excluding carboxylic acids is 1. The van der Waals surface area contributed by atoms with E-state index in [9.17, 15) is 13.6 Å². The molecule has 1 fully saturated rings. The van der Waals surface area contributed by atoms with Crippen molar-refractivity contribution in [1.82, 2.24) is 20.2 Å². The molecule has 1 saturated carbocycles. The highest BCUT2D eigenvalue weighted by molar-refractivity contribution is 5.94. The average Bonchev–Trinajstić information content (AvgIpc) is 3.73. The van der Waals surface area contributed by atoms with E-state index in [1.54, 1.807) is 7.11 Å². The highest BCUT2D eigenvalue weighted by Crippen LogP contribution is 2.31. The molecule has 0 spiro atoms. The molecule has 0 bridgehead atoms. The van der Waals surface area contributed by atoms with E-state index in [4.69, 9.17) is 4.74 Å². The zero-order valence-corrected chi connectivity index (χ0v) is 22.7. The minimum atomic E-state index is -2.96. The Morgan fingerprint density at radius 2 is 1.74 bits per heavy atom. The van der Waals surface area contributed by atoms with Crippen molar-refractivity contribution in [3.05, 3.63) is 60.6 Å². The molecule has 208 valence electrons. The first-order valence-corrected chi connectivity index (χ1v) is 12.8. The zero-order valence-electron chi connectivity index (χ0n) is 22.7. The smallest absolute Gasteiger partial charge is 0.387 e. The molecule has 1 amide bonds. The molecule has 1 aliphatic carbocycles. The van der Waals surface area contributed by atoms with Crippen molar-refractivity contribution in [2.24, 2.45) is 5.92 Å². The first kappa shape index (κ1) is 29.3. The lowest BCUT2D eigenvalue weighted by molar-refractivity contribution is -0.117. The van der Waals surface area contributed by atoms with Gasteiger partial charge in [-0.2, -0.15) is 13.9 Å². The monoisotopic (exact) mass is 540 g/mol. The number of rotatable bonds is 8. The molecule has 3 N–H and O–H groups in total. The number of aromatic amines is 1. The number of nitrogens with zero attached hydrogens (tertiary/aromatic N) is 3. The molecule has 0 unspecified atom stereocenters. The van der Waals surface area contributed by atoms with E-state index >= 15 is 0 Å². The summed E-state index contributed by atoms with van der Waals surface area (Å²) in [7, 11) is 1.62. The maximum atomic E-state index is 12.6. The summed E-state index contributed by atoms with van der Waals surface area (Å²) in [5.74, 6) is 2.26. The van der Waals surface area contributed by atoms with Crippen LogP contribution in [0.3, 0.4) is 0 Å². The van der Waals surface area contributed by atoms with Gasteiger partial charge in [0.05, 0.1) is 18.8 Å². The minimum Gasteiger partial charge on any atom is -0.497 e. The SMILES string of the molecule is CC.CC(C)c1ncc(OC(F)F)c(Nc2n[nH]c3ccccc23)n1.COc1ccc(NC(=O)C2CC2)cc1. The van der Waals surface area contributed by atoms with Crippen molar-refractivity contribution in [2.45, 2.75) is 53.1 Å². The second-order valence-corrected chi connectivity index (χ2v) is 8.71. The number of para-hydroxylation sites is 1. The molecule has 0 aliphatic heterocycles. The van der Waals surface area contributed by atoms with Gasteiger partial charge in [0.15, 0.2) is 17.4 Å². The first-order chi connectivity index (χ1) is 18.8. The number of benzene rings is 2. The quantitative estimate of drug-likeness (QED) is 0.223. The van der Waals surface area contributed by atoms with E-state index in [-0.39, 0.29) is 29.3 Å². The normalized spacial score (nSPS) is 12.2. The Kier molecular flexibility index (Phi) is 10.5. The van der Waals surface area contributed by atoms with E-state index in [1.807, 2.05) is 76.2 Å². The van der Waals surface area contributed by atoms with Crippen LogP contribution in [-0.2, 0) is 4.79 Å². The Balaban J connectivity index is 0.000000224. The number of ether oxygens (including phenoxy) is 2. The van der Waals surface area contributed by atoms with Gasteiger partial charge in [-0.25, -0.2) is 9.97 Å². The number of hydrogen-bond donors (Lipinski definition) is 3. The Morgan fingerprint density at radius 1 is 1.05 bits per heavy atom. The van der Waals surface area contributed by atoms with Crippen molar-refractivity contribution >= 4 is 34.1 Å². The number of fused-ring (bicyclic) bond motifs is 1. The van der Waals surface area contributed by atoms with Crippen LogP contribution in [-0.4, -0.2) is 39.8 Å². The molecule has 0 atom stereocenters. The molecular weight excluding hydrogens is 506 g/mol. The number of alkyl halides is 2. The fourth-order valence-corrected chi connectivity index (χ4v) is 3.37. The number of methoxy groups -OCH3 is 1. The van der Waals surface area contributed by atoms with Gasteiger partial charge in [0.2, 0.25) is 5.91 Å². The van der Waals surface area contributed by atoms with Crippen LogP contribution in [0.1, 0.15) is 52.3 Å². The number of H-pyrrole nitrogens is 1. The summed E-state index contributed by atoms with van der Waals surface area (Å²) < 4.78 is 34.6. The molecule has 2 aromatic heterocycles. The second kappa shape index (κ2) is 14.0. The van der Waals surface area contributed by atoms with Crippen LogP contribution in [0.25, 0.3) is 10.9 Å². The third-order valence-electron chi connectivity index (χ3n) is 5.52. The molecule has 0 saturated heterocycles. The molecule has 5 rings (SSSR count). The summed E-state index contributed by atoms with van der Waals surface area (Å²) in [5.41, 5.74) is 1.66. The Bertz CT molecular complexity index is 1340. The van der Waals surface area contributed by atoms with Gasteiger partial charge < -0.3 is 20.1 Å². The number of nitrogens with one attached hydrogen (secondary N) is 3. The zero-order chi connectivity index (χ0) is 28.4. The molecule has 0 radical (unpaired) electrons. The lowest BCUT2D eigenvalue weighted by atomic mass is 10.2. The highest BCUT2D eigenvalue weighted by atomic mass is 19.3. The number of hydrogen-bond acceptors (Lipinski definition) is 7. The summed E-state index contributed by atoms with van der Waals surface area (Å²) in [5, 5.41) is 13.6. The molecule has 11 heteroatoms. The maximum Gasteiger partial charge on any atom is 0.387 e. The number of anilines is 3. The number of aromatic nitrogens is 4. The second-order valence-electron chi connectivity index (χ2n) is 8.71. The van der Waals surface area contributed by atoms with Crippen LogP contribution >= 0.6 is 0 Å². The van der Waals surface area contributed by atoms with Gasteiger partial charge in [-0.05, 0) is 49.2 Å². The Hall–Kier alpha value is -4.28. The largest absolute Gasteiger partial charge is 0.497 e. The number of halogens is 2. The van der Waals surface area contributed by atoms with Crippen LogP contribution < -0.4 is 20.1 Å². The summed E-state index contributed by atoms with van der Waals surface area (Å²) in [6, 6.07) is 14.8. The number of carbonyl (C=O) groups is 1. The van der Waals surface area contributed by atoms with Crippen LogP contribution in [0.4, 0.5) is 26.1 Å². The Morgan fingerprint density at radius 3 is 2.36 bits per heavy atom. The van der Waals surface area contributed by atoms with E-state index in [1.165, 1.54) is 6.20 Å². The van der Waals surface area contributed by atoms with Gasteiger partial charge in [0.1, 0.15) is 11.6 Å². The summed E-state index contributed by atoms with van der Waals surface area (Å²) in [4.78, 5) is 19.7. The lowest BCUT2D eigenvalue weighted by Crippen LogP contribution is -2.12. The van der Waals surface area contributed by atoms with Crippen molar-refractivity contribution in [1.29, 1.82) is 0 Å². The highest BCUT2D eigenvalue weighted by Gasteiger charge is 2.29. The molecular formula is C28H34F2N6O3. The summed E-state index contributed by atoms with van der Waals surface area (Å²) in [6.07, 6.45) is 3.30. The van der Waals surface area contributed by atoms with E-state index in [0.29, 0.717) is 11.6 Å². The van der Waals surface area contributed by atoms with Crippen molar-refractivity contribution < 1.29 is 23.0 Å². The fraction of sp³-hybridized carbons (Fsp3) is 0.357. The predicted octanol–water partition coefficient (Wildman–Crippen LogP) is 6.89. The fourth-order valence-electron chi connectivity index (χ4n) is 3.37. The van der Waals surface area contributed by atoms with Gasteiger partial charge in [0, 0.05) is 22.9 Å². The van der Waals surface area contributed by atoms with Gasteiger partial charge in [0.25, 0.3) is 0 Å². The molecule has 2 heterocycles. The third kappa shape index (κ3) is 8.36. The maximum absolute atomic E-state index is 12.6. The van der Waals surface area contributed by atoms with Crippen molar-refractivity contribution in [2.75, 3.05) is 17.7 Å². The van der Waals surface area contributed by atoms with Crippen LogP contribution in [0, 0.1) is 5.92 Å². The van der Waals surface area contributed by atoms with E-state index in [0.717, 1.165) is 35.2 Å². The molecule has 39 heavy (non-hydrogen) atoms. The number of amides is 1. The topological polar surface area (TPSA) is 114 Å². The molecule has 1 aliphatic rings. The van der Waals surface area contributed by atoms with E-state index < -0.39 is 6.61 Å². The van der Waals surface area contributed by atoms with Crippen molar-refractivity contribution in [3.63, 3.8) is 0 Å². The first-order valence-electron chi connectivity index (χ1n) is 12.8. The summed E-state index contributed by atoms with van der Waals surface area (Å²) >= 11 is 0. The average molecular weight is 541 g/mol. The molecule has 2 aromatic carbocycles. The molecule has 4 aromatic rings. The van der Waals surface area contributed by atoms with Gasteiger partial charge in [-0.15, -0.1) is 0 Å². The van der Waals surface area contributed by atoms with Crippen molar-refractivity contribution in [3.8, 4) is 11.5 Å². The van der Waals surface area contributed by atoms with E-state index in [2.05, 4.69) is 35.5 Å². The van der Waals surface area contributed by atoms with Crippen LogP contribution in [0.5, 0.6) is 11.5 Å². The molecule has 9 nitrogen and oxygen atoms in total. The summed E-state index contributed by atoms with van der Waals surface area (Å²) in [6.45, 7) is 4.87. The minimum absolute atomic E-state index is 0.0482. The van der Waals surface area contributed by atoms with Gasteiger partial charge in [-0.3, -0.25) is 9.89 Å². The predicted molar refractivity (Wildman–Crippen MR) is 148 cm³/mol. The Labute approximate surface area is 226 Å². The third-order valence-corrected chi connectivity index (χ3v) is 5.52.